The van der Waals surface area contributed by atoms with E-state index < -0.39 is 0 Å². The third kappa shape index (κ3) is 7.72. The number of imide groups is 1. The van der Waals surface area contributed by atoms with E-state index >= 15 is 0 Å². The molecule has 4 aliphatic rings. The maximum atomic E-state index is 13.2. The number of benzene rings is 2. The molecule has 0 radical (unpaired) electrons. The number of pyridine rings is 1. The van der Waals surface area contributed by atoms with E-state index in [1.54, 1.807) is 17.2 Å². The molecule has 57 heavy (non-hydrogen) atoms. The SMILES string of the molecule is C[C@@H]1CNC(=O)c2cc3ccc(C(=O)Nc4cnn(Cc5ccc(N6CCC(N7CCN(Cc8cccc(N9CCC(=O)NC9=O)c8)CC7)CC6)cc5)c4)nc3n21. The van der Waals surface area contributed by atoms with Crippen molar-refractivity contribution in [2.24, 2.45) is 0 Å². The van der Waals surface area contributed by atoms with Crippen LogP contribution >= 0.6 is 0 Å². The van der Waals surface area contributed by atoms with Gasteiger partial charge in [-0.25, -0.2) is 9.78 Å². The zero-order valence-electron chi connectivity index (χ0n) is 32.1. The first-order chi connectivity index (χ1) is 27.7. The Kier molecular flexibility index (Phi) is 9.92. The van der Waals surface area contributed by atoms with E-state index in [0.717, 1.165) is 75.3 Å². The number of amides is 5. The van der Waals surface area contributed by atoms with Crippen molar-refractivity contribution in [2.75, 3.05) is 67.5 Å². The molecule has 3 saturated heterocycles. The van der Waals surface area contributed by atoms with Crippen LogP contribution in [0.3, 0.4) is 0 Å². The first-order valence-electron chi connectivity index (χ1n) is 19.9. The van der Waals surface area contributed by atoms with Crippen molar-refractivity contribution in [3.05, 3.63) is 102 Å². The van der Waals surface area contributed by atoms with Crippen LogP contribution < -0.4 is 25.8 Å². The molecule has 5 amide bonds. The number of urea groups is 1. The summed E-state index contributed by atoms with van der Waals surface area (Å²) in [7, 11) is 0. The summed E-state index contributed by atoms with van der Waals surface area (Å²) in [6.07, 6.45) is 6.06. The normalized spacial score (nSPS) is 19.7. The van der Waals surface area contributed by atoms with Gasteiger partial charge < -0.3 is 20.1 Å². The molecule has 15 heteroatoms. The van der Waals surface area contributed by atoms with Crippen LogP contribution in [0.2, 0.25) is 0 Å². The molecule has 0 bridgehead atoms. The van der Waals surface area contributed by atoms with Crippen molar-refractivity contribution in [1.29, 1.82) is 0 Å². The molecule has 0 aliphatic carbocycles. The Morgan fingerprint density at radius 2 is 1.67 bits per heavy atom. The lowest BCUT2D eigenvalue weighted by molar-refractivity contribution is -0.120. The zero-order valence-corrected chi connectivity index (χ0v) is 32.1. The van der Waals surface area contributed by atoms with E-state index in [2.05, 4.69) is 77.1 Å². The number of hydrogen-bond acceptors (Lipinski definition) is 9. The third-order valence-corrected chi connectivity index (χ3v) is 11.8. The highest BCUT2D eigenvalue weighted by molar-refractivity contribution is 6.06. The predicted molar refractivity (Wildman–Crippen MR) is 217 cm³/mol. The highest BCUT2D eigenvalue weighted by Crippen LogP contribution is 2.27. The number of piperidine rings is 1. The Bertz CT molecular complexity index is 2320. The van der Waals surface area contributed by atoms with E-state index in [4.69, 9.17) is 0 Å². The summed E-state index contributed by atoms with van der Waals surface area (Å²) in [6.45, 7) is 10.6. The fraction of sp³-hybridized carbons (Fsp3) is 0.381. The van der Waals surface area contributed by atoms with Crippen molar-refractivity contribution < 1.29 is 19.2 Å². The number of carbonyl (C=O) groups excluding carboxylic acids is 4. The van der Waals surface area contributed by atoms with Crippen molar-refractivity contribution in [2.45, 2.75) is 51.4 Å². The van der Waals surface area contributed by atoms with Crippen LogP contribution in [0.4, 0.5) is 21.9 Å². The van der Waals surface area contributed by atoms with Gasteiger partial charge in [0.25, 0.3) is 11.8 Å². The number of nitrogens with zero attached hydrogens (tertiary/aromatic N) is 8. The minimum atomic E-state index is -0.348. The van der Waals surface area contributed by atoms with Gasteiger partial charge in [-0.3, -0.25) is 39.1 Å². The number of piperazine rings is 1. The minimum absolute atomic E-state index is 0.0391. The maximum absolute atomic E-state index is 13.2. The standard InChI is InChI=1S/C42H47N11O4/c1-28-23-43-41(56)37-22-31-7-10-36(46-39(31)53(28)37)40(55)45-32-24-44-51(27-32)26-29-5-8-33(9-6-29)49-14-11-34(12-15-49)50-19-17-48(18-20-50)25-30-3-2-4-35(21-30)52-16-13-38(54)47-42(52)57/h2-10,21-22,24,27-28,34H,11-20,23,25-26H2,1H3,(H,43,56)(H,45,55)(H,47,54,57)/t28-/m1/s1. The average molecular weight is 770 g/mol. The highest BCUT2D eigenvalue weighted by atomic mass is 16.2. The van der Waals surface area contributed by atoms with Crippen LogP contribution in [-0.4, -0.2) is 111 Å². The molecule has 3 fully saturated rings. The molecule has 4 aliphatic heterocycles. The molecule has 7 heterocycles. The third-order valence-electron chi connectivity index (χ3n) is 11.8. The van der Waals surface area contributed by atoms with E-state index in [-0.39, 0.29) is 35.5 Å². The van der Waals surface area contributed by atoms with Crippen molar-refractivity contribution in [3.63, 3.8) is 0 Å². The van der Waals surface area contributed by atoms with Gasteiger partial charge in [0.05, 0.1) is 24.5 Å². The van der Waals surface area contributed by atoms with Crippen LogP contribution in [0, 0.1) is 0 Å². The fourth-order valence-electron chi connectivity index (χ4n) is 8.64. The molecule has 294 valence electrons. The Morgan fingerprint density at radius 1 is 0.860 bits per heavy atom. The van der Waals surface area contributed by atoms with Crippen LogP contribution in [0.5, 0.6) is 0 Å². The Hall–Kier alpha value is -6.06. The quantitative estimate of drug-likeness (QED) is 0.202. The van der Waals surface area contributed by atoms with Gasteiger partial charge in [-0.05, 0) is 73.4 Å². The monoisotopic (exact) mass is 769 g/mol. The topological polar surface area (TPSA) is 153 Å². The number of rotatable bonds is 9. The lowest BCUT2D eigenvalue weighted by Gasteiger charge is -2.43. The summed E-state index contributed by atoms with van der Waals surface area (Å²) in [4.78, 5) is 63.4. The number of hydrogen-bond donors (Lipinski definition) is 3. The van der Waals surface area contributed by atoms with Gasteiger partial charge in [0, 0.05) is 94.3 Å². The largest absolute Gasteiger partial charge is 0.371 e. The fourth-order valence-corrected chi connectivity index (χ4v) is 8.64. The Morgan fingerprint density at radius 3 is 2.46 bits per heavy atom. The summed E-state index contributed by atoms with van der Waals surface area (Å²) in [5, 5.41) is 13.5. The first kappa shape index (κ1) is 36.6. The van der Waals surface area contributed by atoms with Crippen molar-refractivity contribution >= 4 is 51.8 Å². The molecule has 15 nitrogen and oxygen atoms in total. The van der Waals surface area contributed by atoms with Crippen LogP contribution in [0.1, 0.15) is 64.3 Å². The second kappa shape index (κ2) is 15.5. The van der Waals surface area contributed by atoms with Crippen LogP contribution in [0.25, 0.3) is 11.0 Å². The zero-order chi connectivity index (χ0) is 39.0. The van der Waals surface area contributed by atoms with Gasteiger partial charge in [0.1, 0.15) is 17.0 Å². The molecule has 0 unspecified atom stereocenters. The second-order valence-electron chi connectivity index (χ2n) is 15.6. The Labute approximate surface area is 330 Å². The highest BCUT2D eigenvalue weighted by Gasteiger charge is 2.29. The van der Waals surface area contributed by atoms with Gasteiger partial charge in [-0.15, -0.1) is 0 Å². The second-order valence-corrected chi connectivity index (χ2v) is 15.6. The average Bonchev–Trinajstić information content (AvgIpc) is 3.84. The number of fused-ring (bicyclic) bond motifs is 3. The molecule has 1 atom stereocenters. The molecule has 2 aromatic carbocycles. The van der Waals surface area contributed by atoms with Crippen LogP contribution in [0.15, 0.2) is 79.1 Å². The minimum Gasteiger partial charge on any atom is -0.371 e. The van der Waals surface area contributed by atoms with E-state index in [1.165, 1.54) is 11.3 Å². The number of carbonyl (C=O) groups is 4. The summed E-state index contributed by atoms with van der Waals surface area (Å²) in [5.41, 5.74) is 6.41. The van der Waals surface area contributed by atoms with Gasteiger partial charge in [-0.2, -0.15) is 5.10 Å². The predicted octanol–water partition coefficient (Wildman–Crippen LogP) is 4.07. The summed E-state index contributed by atoms with van der Waals surface area (Å²) >= 11 is 0. The van der Waals surface area contributed by atoms with Crippen molar-refractivity contribution in [1.82, 2.24) is 39.8 Å². The van der Waals surface area contributed by atoms with E-state index in [0.29, 0.717) is 49.1 Å². The number of aromatic nitrogens is 4. The number of anilines is 3. The maximum Gasteiger partial charge on any atom is 0.328 e. The first-order valence-corrected chi connectivity index (χ1v) is 19.9. The molecule has 3 N–H and O–H groups in total. The number of nitrogens with one attached hydrogen (secondary N) is 3. The molecular formula is C42H47N11O4. The van der Waals surface area contributed by atoms with Gasteiger partial charge in [0.2, 0.25) is 5.91 Å². The lowest BCUT2D eigenvalue weighted by Crippen LogP contribution is -2.53. The molecule has 0 spiro atoms. The van der Waals surface area contributed by atoms with E-state index in [9.17, 15) is 19.2 Å². The molecule has 3 aromatic heterocycles. The summed E-state index contributed by atoms with van der Waals surface area (Å²) < 4.78 is 3.71. The van der Waals surface area contributed by atoms with Gasteiger partial charge >= 0.3 is 6.03 Å². The van der Waals surface area contributed by atoms with E-state index in [1.807, 2.05) is 46.6 Å². The summed E-state index contributed by atoms with van der Waals surface area (Å²) in [6, 6.07) is 22.4. The smallest absolute Gasteiger partial charge is 0.328 e. The van der Waals surface area contributed by atoms with Gasteiger partial charge in [-0.1, -0.05) is 24.3 Å². The molecule has 9 rings (SSSR count). The van der Waals surface area contributed by atoms with Crippen molar-refractivity contribution in [3.8, 4) is 0 Å². The summed E-state index contributed by atoms with van der Waals surface area (Å²) in [5.74, 6) is -0.684. The molecule has 0 saturated carbocycles. The molecule has 5 aromatic rings. The Balaban J connectivity index is 0.730. The molecular weight excluding hydrogens is 723 g/mol. The van der Waals surface area contributed by atoms with Crippen LogP contribution in [-0.2, 0) is 17.9 Å². The van der Waals surface area contributed by atoms with Gasteiger partial charge in [0.15, 0.2) is 0 Å². The lowest BCUT2D eigenvalue weighted by atomic mass is 10.0.